The smallest absolute Gasteiger partial charge is 0.303 e. The Morgan fingerprint density at radius 1 is 0.549 bits per heavy atom. The fourth-order valence-electron chi connectivity index (χ4n) is 6.25. The number of carbonyl (C=O) groups is 3. The van der Waals surface area contributed by atoms with E-state index in [-0.39, 0.29) is 0 Å². The number of nitrogens with one attached hydrogen (secondary N) is 1. The van der Waals surface area contributed by atoms with E-state index in [4.69, 9.17) is 42.6 Å². The Balaban J connectivity index is 1.53. The van der Waals surface area contributed by atoms with Crippen LogP contribution in [0.5, 0.6) is 0 Å². The molecule has 21 heteroatoms. The third-order valence-electron chi connectivity index (χ3n) is 9.04. The number of hydrogen-bond donors (Lipinski definition) is 9. The molecule has 20 atom stereocenters. The molecule has 0 spiro atoms. The molecule has 4 heterocycles. The summed E-state index contributed by atoms with van der Waals surface area (Å²) >= 11 is 0. The summed E-state index contributed by atoms with van der Waals surface area (Å²) < 4.78 is 49.8. The van der Waals surface area contributed by atoms with Crippen LogP contribution in [0.25, 0.3) is 0 Å². The Kier molecular flexibility index (Phi) is 14.1. The van der Waals surface area contributed by atoms with Gasteiger partial charge in [0, 0.05) is 20.8 Å². The number of rotatable bonds is 10. The van der Waals surface area contributed by atoms with Crippen molar-refractivity contribution in [1.29, 1.82) is 0 Å². The van der Waals surface area contributed by atoms with Crippen LogP contribution in [-0.2, 0) is 57.0 Å². The SMILES string of the molecule is CC(=O)N[C@@H]1[C@@H](O[C@@H]2O[C@@H](C)[C@H](O)[C@@H](O[C@@H]3O[C@@H](C)[C@H](O)[C@@H](O[C@@H]4O[C@@H](C)[C@H](O)[C@@H](O)[C@H]4OC(C)=O)[C@H]3O)[C@H]2O)[C@H](O)[C@@H](COC(C)=O)O[C@H]1O. The van der Waals surface area contributed by atoms with Crippen LogP contribution in [-0.4, -0.2) is 188 Å². The molecule has 0 bridgehead atoms. The van der Waals surface area contributed by atoms with Crippen LogP contribution >= 0.6 is 0 Å². The van der Waals surface area contributed by atoms with Gasteiger partial charge in [0.05, 0.1) is 18.3 Å². The maximum Gasteiger partial charge on any atom is 0.303 e. The van der Waals surface area contributed by atoms with Crippen molar-refractivity contribution in [1.82, 2.24) is 5.32 Å². The zero-order valence-corrected chi connectivity index (χ0v) is 28.7. The molecule has 1 amide bonds. The molecule has 0 aliphatic carbocycles. The normalized spacial score (nSPS) is 47.6. The lowest BCUT2D eigenvalue weighted by Crippen LogP contribution is -2.68. The Bertz CT molecular complexity index is 1200. The van der Waals surface area contributed by atoms with E-state index in [9.17, 15) is 55.2 Å². The van der Waals surface area contributed by atoms with Crippen LogP contribution in [0.2, 0.25) is 0 Å². The molecule has 4 aliphatic heterocycles. The van der Waals surface area contributed by atoms with Gasteiger partial charge in [0.2, 0.25) is 5.91 Å². The van der Waals surface area contributed by atoms with E-state index in [0.29, 0.717) is 0 Å². The molecule has 0 radical (unpaired) electrons. The molecule has 0 aromatic rings. The number of esters is 2. The minimum atomic E-state index is -1.90. The summed E-state index contributed by atoms with van der Waals surface area (Å²) in [6.45, 7) is 6.97. The van der Waals surface area contributed by atoms with Crippen LogP contribution in [0.3, 0.4) is 0 Å². The Morgan fingerprint density at radius 2 is 1.02 bits per heavy atom. The highest BCUT2D eigenvalue weighted by atomic mass is 16.8. The van der Waals surface area contributed by atoms with Gasteiger partial charge in [-0.1, -0.05) is 0 Å². The van der Waals surface area contributed by atoms with E-state index < -0.39 is 147 Å². The van der Waals surface area contributed by atoms with Crippen molar-refractivity contribution < 1.29 is 97.9 Å². The Hall–Kier alpha value is -2.19. The van der Waals surface area contributed by atoms with Gasteiger partial charge in [-0.25, -0.2) is 0 Å². The number of amides is 1. The van der Waals surface area contributed by atoms with Crippen LogP contribution < -0.4 is 5.32 Å². The summed E-state index contributed by atoms with van der Waals surface area (Å²) in [4.78, 5) is 35.1. The zero-order chi connectivity index (χ0) is 38.1. The molecule has 4 fully saturated rings. The van der Waals surface area contributed by atoms with Gasteiger partial charge >= 0.3 is 11.9 Å². The van der Waals surface area contributed by atoms with Crippen LogP contribution in [0.15, 0.2) is 0 Å². The first-order valence-electron chi connectivity index (χ1n) is 16.4. The van der Waals surface area contributed by atoms with Gasteiger partial charge in [-0.2, -0.15) is 0 Å². The molecule has 0 saturated carbocycles. The fraction of sp³-hybridized carbons (Fsp3) is 0.900. The second kappa shape index (κ2) is 17.3. The molecular formula is C30H49NO20. The molecule has 21 nitrogen and oxygen atoms in total. The minimum Gasteiger partial charge on any atom is -0.463 e. The van der Waals surface area contributed by atoms with Crippen LogP contribution in [0.4, 0.5) is 0 Å². The number of carbonyl (C=O) groups excluding carboxylic acids is 3. The second-order valence-electron chi connectivity index (χ2n) is 13.0. The van der Waals surface area contributed by atoms with E-state index in [2.05, 4.69) is 5.32 Å². The summed E-state index contributed by atoms with van der Waals surface area (Å²) in [5.41, 5.74) is 0. The first-order chi connectivity index (χ1) is 23.8. The van der Waals surface area contributed by atoms with E-state index in [0.717, 1.165) is 20.8 Å². The maximum atomic E-state index is 11.9. The maximum absolute atomic E-state index is 11.9. The fourth-order valence-corrected chi connectivity index (χ4v) is 6.25. The monoisotopic (exact) mass is 743 g/mol. The third-order valence-corrected chi connectivity index (χ3v) is 9.04. The van der Waals surface area contributed by atoms with Gasteiger partial charge in [-0.15, -0.1) is 0 Å². The molecule has 4 saturated heterocycles. The molecule has 0 aromatic carbocycles. The molecule has 51 heavy (non-hydrogen) atoms. The number of ether oxygens (including phenoxy) is 9. The summed E-state index contributed by atoms with van der Waals surface area (Å²) in [5, 5.41) is 89.6. The van der Waals surface area contributed by atoms with Gasteiger partial charge in [0.1, 0.15) is 79.8 Å². The summed E-state index contributed by atoms with van der Waals surface area (Å²) in [6.07, 6.45) is -29.6. The first-order valence-corrected chi connectivity index (χ1v) is 16.4. The second-order valence-corrected chi connectivity index (χ2v) is 13.0. The van der Waals surface area contributed by atoms with Gasteiger partial charge in [0.25, 0.3) is 0 Å². The first kappa shape index (κ1) is 41.6. The number of aliphatic hydroxyl groups is 8. The van der Waals surface area contributed by atoms with Crippen molar-refractivity contribution in [2.75, 3.05) is 6.61 Å². The van der Waals surface area contributed by atoms with Crippen molar-refractivity contribution in [3.8, 4) is 0 Å². The highest BCUT2D eigenvalue weighted by Gasteiger charge is 2.55. The summed E-state index contributed by atoms with van der Waals surface area (Å²) in [5.74, 6) is -2.20. The number of aliphatic hydroxyl groups excluding tert-OH is 8. The Labute approximate surface area is 292 Å². The highest BCUT2D eigenvalue weighted by molar-refractivity contribution is 5.73. The predicted octanol–water partition coefficient (Wildman–Crippen LogP) is -5.38. The van der Waals surface area contributed by atoms with E-state index in [1.807, 2.05) is 0 Å². The van der Waals surface area contributed by atoms with E-state index in [1.165, 1.54) is 20.8 Å². The highest BCUT2D eigenvalue weighted by Crippen LogP contribution is 2.34. The molecule has 4 aliphatic rings. The average Bonchev–Trinajstić information content (AvgIpc) is 3.05. The van der Waals surface area contributed by atoms with Crippen LogP contribution in [0, 0.1) is 0 Å². The quantitative estimate of drug-likeness (QED) is 0.0943. The lowest BCUT2D eigenvalue weighted by atomic mass is 9.95. The topological polar surface area (TPSA) is 308 Å². The minimum absolute atomic E-state index is 0.509. The van der Waals surface area contributed by atoms with Gasteiger partial charge in [0.15, 0.2) is 31.3 Å². The summed E-state index contributed by atoms with van der Waals surface area (Å²) in [6, 6.07) is -1.42. The standard InChI is InChI=1S/C30H49NO20/c1-8-16(35)20(39)26(47-13(6)34)30(46-8)51-25-18(37)10(3)45-29(22(25)41)50-24-17(36)9(2)44-28(21(24)40)49-23-15(31-11(4)32)27(42)48-14(19(23)38)7-43-12(5)33/h8-10,14-30,35-42H,7H2,1-6H3,(H,31,32)/t8-,9-,10-,14+,15+,16-,17-,18-,19+,20+,21+,22+,23+,24+,25+,26+,27+,28-,29-,30-/m0/s1. The van der Waals surface area contributed by atoms with Gasteiger partial charge in [-0.3, -0.25) is 14.4 Å². The van der Waals surface area contributed by atoms with Gasteiger partial charge in [-0.05, 0) is 20.8 Å². The van der Waals surface area contributed by atoms with E-state index >= 15 is 0 Å². The predicted molar refractivity (Wildman–Crippen MR) is 160 cm³/mol. The molecule has 294 valence electrons. The summed E-state index contributed by atoms with van der Waals surface area (Å²) in [7, 11) is 0. The van der Waals surface area contributed by atoms with Crippen molar-refractivity contribution in [3.63, 3.8) is 0 Å². The molecular weight excluding hydrogens is 694 g/mol. The average molecular weight is 744 g/mol. The van der Waals surface area contributed by atoms with Crippen LogP contribution in [0.1, 0.15) is 41.5 Å². The zero-order valence-electron chi connectivity index (χ0n) is 28.7. The lowest BCUT2D eigenvalue weighted by molar-refractivity contribution is -0.381. The molecule has 0 aromatic heterocycles. The van der Waals surface area contributed by atoms with Crippen molar-refractivity contribution in [2.45, 2.75) is 164 Å². The molecule has 0 unspecified atom stereocenters. The Morgan fingerprint density at radius 3 is 1.51 bits per heavy atom. The third kappa shape index (κ3) is 9.49. The molecule has 9 N–H and O–H groups in total. The van der Waals surface area contributed by atoms with Crippen molar-refractivity contribution in [2.24, 2.45) is 0 Å². The van der Waals surface area contributed by atoms with E-state index in [1.54, 1.807) is 0 Å². The number of hydrogen-bond acceptors (Lipinski definition) is 20. The van der Waals surface area contributed by atoms with Crippen molar-refractivity contribution in [3.05, 3.63) is 0 Å². The van der Waals surface area contributed by atoms with Gasteiger partial charge < -0.3 is 88.8 Å². The van der Waals surface area contributed by atoms with Crippen molar-refractivity contribution >= 4 is 17.8 Å². The largest absolute Gasteiger partial charge is 0.463 e. The molecule has 4 rings (SSSR count). The lowest BCUT2D eigenvalue weighted by Gasteiger charge is -2.49.